The summed E-state index contributed by atoms with van der Waals surface area (Å²) in [6.07, 6.45) is 0.364. The number of carboxylic acid groups (broad SMARTS) is 1. The quantitative estimate of drug-likeness (QED) is 0.744. The van der Waals surface area contributed by atoms with Crippen LogP contribution in [0.5, 0.6) is 0 Å². The maximum absolute atomic E-state index is 11.8. The Hall–Kier alpha value is -2.35. The van der Waals surface area contributed by atoms with Gasteiger partial charge in [0.25, 0.3) is 0 Å². The molecule has 1 atom stereocenters. The minimum Gasteiger partial charge on any atom is -0.478 e. The molecule has 1 aliphatic rings. The van der Waals surface area contributed by atoms with Crippen LogP contribution in [0.2, 0.25) is 0 Å². The molecular weight excluding hydrogens is 318 g/mol. The molecule has 1 unspecified atom stereocenters. The van der Waals surface area contributed by atoms with Crippen LogP contribution in [-0.4, -0.2) is 39.9 Å². The van der Waals surface area contributed by atoms with Crippen molar-refractivity contribution < 1.29 is 19.5 Å². The summed E-state index contributed by atoms with van der Waals surface area (Å²) in [5.74, 6) is -1.11. The number of hydrogen-bond acceptors (Lipinski definition) is 5. The first-order valence-corrected chi connectivity index (χ1v) is 8.02. The predicted octanol–water partition coefficient (Wildman–Crippen LogP) is 0.999. The van der Waals surface area contributed by atoms with E-state index in [0.717, 1.165) is 5.56 Å². The van der Waals surface area contributed by atoms with Crippen LogP contribution in [0.4, 0.5) is 0 Å². The lowest BCUT2D eigenvalue weighted by molar-refractivity contribution is -0.120. The number of carbonyl (C=O) groups is 3. The van der Waals surface area contributed by atoms with Crippen molar-refractivity contribution in [1.82, 2.24) is 10.6 Å². The molecule has 1 aliphatic heterocycles. The molecule has 0 fully saturated rings. The first-order valence-electron chi connectivity index (χ1n) is 7.03. The van der Waals surface area contributed by atoms with Crippen molar-refractivity contribution in [3.05, 3.63) is 35.4 Å². The Kier molecular flexibility index (Phi) is 5.75. The van der Waals surface area contributed by atoms with Gasteiger partial charge in [-0.1, -0.05) is 23.9 Å². The second kappa shape index (κ2) is 7.77. The Labute approximate surface area is 137 Å². The maximum atomic E-state index is 11.8. The highest BCUT2D eigenvalue weighted by Gasteiger charge is 2.18. The van der Waals surface area contributed by atoms with E-state index in [1.54, 1.807) is 12.1 Å². The average molecular weight is 335 g/mol. The van der Waals surface area contributed by atoms with E-state index in [-0.39, 0.29) is 29.2 Å². The predicted molar refractivity (Wildman–Crippen MR) is 87.4 cm³/mol. The van der Waals surface area contributed by atoms with Crippen molar-refractivity contribution in [3.8, 4) is 0 Å². The number of aromatic carboxylic acids is 1. The lowest BCUT2D eigenvalue weighted by atomic mass is 10.1. The summed E-state index contributed by atoms with van der Waals surface area (Å²) in [4.78, 5) is 38.2. The highest BCUT2D eigenvalue weighted by Crippen LogP contribution is 2.11. The summed E-state index contributed by atoms with van der Waals surface area (Å²) in [5.41, 5.74) is 1.01. The number of carboxylic acids is 1. The Balaban J connectivity index is 1.77. The van der Waals surface area contributed by atoms with Crippen molar-refractivity contribution in [2.24, 2.45) is 4.99 Å². The summed E-state index contributed by atoms with van der Waals surface area (Å²) in [6.45, 7) is 2.16. The molecule has 0 bridgehead atoms. The third kappa shape index (κ3) is 5.41. The van der Waals surface area contributed by atoms with E-state index in [2.05, 4.69) is 15.6 Å². The van der Waals surface area contributed by atoms with Gasteiger partial charge in [-0.3, -0.25) is 14.6 Å². The summed E-state index contributed by atoms with van der Waals surface area (Å²) >= 11 is 1.18. The Bertz CT molecular complexity index is 643. The second-order valence-electron chi connectivity index (χ2n) is 5.10. The van der Waals surface area contributed by atoms with E-state index in [0.29, 0.717) is 18.1 Å². The zero-order chi connectivity index (χ0) is 16.8. The molecule has 0 spiro atoms. The Morgan fingerprint density at radius 3 is 2.70 bits per heavy atom. The summed E-state index contributed by atoms with van der Waals surface area (Å²) in [6, 6.07) is 6.23. The molecule has 8 heteroatoms. The zero-order valence-corrected chi connectivity index (χ0v) is 13.4. The maximum Gasteiger partial charge on any atom is 0.335 e. The van der Waals surface area contributed by atoms with Crippen LogP contribution in [-0.2, 0) is 16.1 Å². The van der Waals surface area contributed by atoms with Crippen molar-refractivity contribution in [1.29, 1.82) is 0 Å². The van der Waals surface area contributed by atoms with Gasteiger partial charge in [0.1, 0.15) is 0 Å². The van der Waals surface area contributed by atoms with Crippen molar-refractivity contribution in [2.45, 2.75) is 25.9 Å². The van der Waals surface area contributed by atoms with E-state index >= 15 is 0 Å². The van der Waals surface area contributed by atoms with E-state index in [9.17, 15) is 14.4 Å². The number of benzene rings is 1. The number of hydrogen-bond donors (Lipinski definition) is 3. The van der Waals surface area contributed by atoms with Crippen LogP contribution in [0.15, 0.2) is 29.3 Å². The number of aliphatic imine (C=N–C) groups is 1. The first-order chi connectivity index (χ1) is 10.9. The lowest BCUT2D eigenvalue weighted by Gasteiger charge is -2.17. The number of rotatable bonds is 5. The molecule has 2 rings (SSSR count). The van der Waals surface area contributed by atoms with Crippen LogP contribution in [0.3, 0.4) is 0 Å². The SMILES string of the molecule is CC1CC(=O)NC(SCC(=O)NCc2ccc(C(=O)O)cc2)=N1. The third-order valence-corrected chi connectivity index (χ3v) is 3.98. The van der Waals surface area contributed by atoms with Gasteiger partial charge in [-0.15, -0.1) is 0 Å². The minimum atomic E-state index is -0.985. The van der Waals surface area contributed by atoms with Crippen LogP contribution in [0.1, 0.15) is 29.3 Å². The largest absolute Gasteiger partial charge is 0.478 e. The van der Waals surface area contributed by atoms with Gasteiger partial charge in [0.2, 0.25) is 11.8 Å². The number of nitrogens with zero attached hydrogens (tertiary/aromatic N) is 1. The van der Waals surface area contributed by atoms with Crippen molar-refractivity contribution >= 4 is 34.7 Å². The smallest absolute Gasteiger partial charge is 0.335 e. The number of thioether (sulfide) groups is 1. The van der Waals surface area contributed by atoms with Crippen LogP contribution in [0.25, 0.3) is 0 Å². The van der Waals surface area contributed by atoms with Crippen LogP contribution < -0.4 is 10.6 Å². The van der Waals surface area contributed by atoms with E-state index in [1.165, 1.54) is 23.9 Å². The van der Waals surface area contributed by atoms with Crippen molar-refractivity contribution in [3.63, 3.8) is 0 Å². The highest BCUT2D eigenvalue weighted by atomic mass is 32.2. The van der Waals surface area contributed by atoms with Crippen LogP contribution >= 0.6 is 11.8 Å². The van der Waals surface area contributed by atoms with Gasteiger partial charge in [-0.05, 0) is 24.6 Å². The molecule has 3 N–H and O–H groups in total. The molecule has 1 heterocycles. The highest BCUT2D eigenvalue weighted by molar-refractivity contribution is 8.14. The number of nitrogens with one attached hydrogen (secondary N) is 2. The van der Waals surface area contributed by atoms with Gasteiger partial charge in [0.05, 0.1) is 17.4 Å². The molecule has 7 nitrogen and oxygen atoms in total. The fourth-order valence-electron chi connectivity index (χ4n) is 1.94. The molecule has 0 aliphatic carbocycles. The number of amidine groups is 1. The van der Waals surface area contributed by atoms with E-state index in [4.69, 9.17) is 5.11 Å². The normalized spacial score (nSPS) is 17.2. The third-order valence-electron chi connectivity index (χ3n) is 3.10. The molecule has 0 aromatic heterocycles. The summed E-state index contributed by atoms with van der Waals surface area (Å²) in [5, 5.41) is 14.6. The molecule has 0 saturated heterocycles. The topological polar surface area (TPSA) is 108 Å². The average Bonchev–Trinajstić information content (AvgIpc) is 2.50. The lowest BCUT2D eigenvalue weighted by Crippen LogP contribution is -2.37. The minimum absolute atomic E-state index is 0.0675. The van der Waals surface area contributed by atoms with Gasteiger partial charge in [0, 0.05) is 13.0 Å². The Morgan fingerprint density at radius 1 is 1.39 bits per heavy atom. The molecule has 122 valence electrons. The van der Waals surface area contributed by atoms with E-state index < -0.39 is 5.97 Å². The van der Waals surface area contributed by atoms with Gasteiger partial charge in [0.15, 0.2) is 5.17 Å². The number of amides is 2. The molecule has 2 amide bonds. The molecule has 1 aromatic carbocycles. The van der Waals surface area contributed by atoms with Gasteiger partial charge < -0.3 is 15.7 Å². The molecule has 0 radical (unpaired) electrons. The number of carbonyl (C=O) groups excluding carboxylic acids is 2. The van der Waals surface area contributed by atoms with Gasteiger partial charge in [-0.2, -0.15) is 0 Å². The zero-order valence-electron chi connectivity index (χ0n) is 12.5. The van der Waals surface area contributed by atoms with Gasteiger partial charge >= 0.3 is 5.97 Å². The second-order valence-corrected chi connectivity index (χ2v) is 6.07. The summed E-state index contributed by atoms with van der Waals surface area (Å²) in [7, 11) is 0. The fraction of sp³-hybridized carbons (Fsp3) is 0.333. The molecule has 1 aromatic rings. The van der Waals surface area contributed by atoms with E-state index in [1.807, 2.05) is 6.92 Å². The van der Waals surface area contributed by atoms with Crippen molar-refractivity contribution in [2.75, 3.05) is 5.75 Å². The molecular formula is C15H17N3O4S. The summed E-state index contributed by atoms with van der Waals surface area (Å²) < 4.78 is 0. The van der Waals surface area contributed by atoms with Crippen LogP contribution in [0, 0.1) is 0 Å². The molecule has 0 saturated carbocycles. The fourth-order valence-corrected chi connectivity index (χ4v) is 2.75. The standard InChI is InChI=1S/C15H17N3O4S/c1-9-6-12(19)18-15(17-9)23-8-13(20)16-7-10-2-4-11(5-3-10)14(21)22/h2-5,9H,6-8H2,1H3,(H,16,20)(H,21,22)(H,17,18,19). The monoisotopic (exact) mass is 335 g/mol. The first kappa shape index (κ1) is 17.0. The van der Waals surface area contributed by atoms with Gasteiger partial charge in [-0.25, -0.2) is 4.79 Å². The Morgan fingerprint density at radius 2 is 2.09 bits per heavy atom. The molecule has 23 heavy (non-hydrogen) atoms.